The second-order valence-corrected chi connectivity index (χ2v) is 5.01. The van der Waals surface area contributed by atoms with Gasteiger partial charge < -0.3 is 4.74 Å². The van der Waals surface area contributed by atoms with Crippen LogP contribution >= 0.6 is 23.2 Å². The predicted molar refractivity (Wildman–Crippen MR) is 71.2 cm³/mol. The first-order valence-electron chi connectivity index (χ1n) is 5.67. The number of hydrogen-bond donors (Lipinski definition) is 0. The van der Waals surface area contributed by atoms with Gasteiger partial charge in [0.05, 0.1) is 6.61 Å². The lowest BCUT2D eigenvalue weighted by atomic mass is 9.82. The highest BCUT2D eigenvalue weighted by molar-refractivity contribution is 6.22. The van der Waals surface area contributed by atoms with Gasteiger partial charge in [-0.15, -0.1) is 23.2 Å². The lowest BCUT2D eigenvalue weighted by molar-refractivity contribution is -0.176. The molecule has 0 N–H and O–H groups in total. The maximum atomic E-state index is 12.1. The van der Waals surface area contributed by atoms with E-state index in [2.05, 4.69) is 0 Å². The second kappa shape index (κ2) is 6.82. The van der Waals surface area contributed by atoms with Gasteiger partial charge in [0.1, 0.15) is 6.61 Å². The molecule has 0 saturated heterocycles. The minimum absolute atomic E-state index is 0.0964. The van der Waals surface area contributed by atoms with Crippen molar-refractivity contribution in [3.8, 4) is 0 Å². The minimum Gasteiger partial charge on any atom is -0.371 e. The van der Waals surface area contributed by atoms with Crippen molar-refractivity contribution >= 4 is 23.2 Å². The Labute approximate surface area is 120 Å². The van der Waals surface area contributed by atoms with Gasteiger partial charge in [0.25, 0.3) is 0 Å². The third-order valence-corrected chi connectivity index (χ3v) is 3.90. The monoisotopic (exact) mass is 314 g/mol. The van der Waals surface area contributed by atoms with Crippen LogP contribution in [0.25, 0.3) is 0 Å². The molecule has 0 heterocycles. The molecule has 0 spiro atoms. The fourth-order valence-electron chi connectivity index (χ4n) is 1.86. The van der Waals surface area contributed by atoms with E-state index in [1.165, 1.54) is 0 Å². The average molecular weight is 315 g/mol. The molecule has 0 radical (unpaired) electrons. The van der Waals surface area contributed by atoms with Crippen LogP contribution in [0.1, 0.15) is 11.1 Å². The normalized spacial score (nSPS) is 12.7. The molecule has 0 unspecified atom stereocenters. The van der Waals surface area contributed by atoms with Gasteiger partial charge in [-0.3, -0.25) is 0 Å². The zero-order chi connectivity index (χ0) is 14.5. The molecule has 1 nitrogen and oxygen atoms in total. The number of benzene rings is 1. The van der Waals surface area contributed by atoms with Crippen LogP contribution in [0.3, 0.4) is 0 Å². The molecule has 0 aliphatic heterocycles. The number of ether oxygens (including phenoxy) is 1. The Morgan fingerprint density at radius 1 is 1.05 bits per heavy atom. The molecule has 0 aliphatic carbocycles. The van der Waals surface area contributed by atoms with Crippen LogP contribution in [0.4, 0.5) is 13.2 Å². The first kappa shape index (κ1) is 16.6. The fourth-order valence-corrected chi connectivity index (χ4v) is 2.59. The quantitative estimate of drug-likeness (QED) is 0.712. The van der Waals surface area contributed by atoms with Crippen molar-refractivity contribution in [1.29, 1.82) is 0 Å². The van der Waals surface area contributed by atoms with Crippen molar-refractivity contribution in [2.24, 2.45) is 0 Å². The topological polar surface area (TPSA) is 9.23 Å². The van der Waals surface area contributed by atoms with E-state index in [1.54, 1.807) is 6.07 Å². The molecule has 108 valence electrons. The highest BCUT2D eigenvalue weighted by atomic mass is 35.5. The largest absolute Gasteiger partial charge is 0.411 e. The van der Waals surface area contributed by atoms with Gasteiger partial charge in [0.15, 0.2) is 0 Å². The Morgan fingerprint density at radius 2 is 1.63 bits per heavy atom. The van der Waals surface area contributed by atoms with Crippen molar-refractivity contribution in [3.05, 3.63) is 35.4 Å². The summed E-state index contributed by atoms with van der Waals surface area (Å²) in [6, 6.07) is 7.34. The molecule has 0 atom stereocenters. The summed E-state index contributed by atoms with van der Waals surface area (Å²) in [5, 5.41) is 0. The molecule has 1 aromatic carbocycles. The Balaban J connectivity index is 2.89. The molecular weight excluding hydrogens is 300 g/mol. The summed E-state index contributed by atoms with van der Waals surface area (Å²) in [6.07, 6.45) is -4.35. The van der Waals surface area contributed by atoms with Crippen molar-refractivity contribution in [3.63, 3.8) is 0 Å². The number of halogens is 5. The van der Waals surface area contributed by atoms with Crippen LogP contribution in [0, 0.1) is 6.92 Å². The van der Waals surface area contributed by atoms with E-state index < -0.39 is 18.2 Å². The number of alkyl halides is 5. The number of aryl methyl sites for hydroxylation is 1. The summed E-state index contributed by atoms with van der Waals surface area (Å²) in [5.41, 5.74) is 0.946. The standard InChI is InChI=1S/C13H15Cl2F3O/c1-10-4-2-3-5-11(10)12(6-14,7-15)8-19-9-13(16,17)18/h2-5H,6-9H2,1H3. The van der Waals surface area contributed by atoms with Crippen molar-refractivity contribution < 1.29 is 17.9 Å². The van der Waals surface area contributed by atoms with Crippen LogP contribution < -0.4 is 0 Å². The molecule has 1 aromatic rings. The molecule has 0 bridgehead atoms. The Bertz CT molecular complexity index is 403. The molecule has 1 rings (SSSR count). The molecule has 6 heteroatoms. The van der Waals surface area contributed by atoms with E-state index in [0.717, 1.165) is 11.1 Å². The van der Waals surface area contributed by atoms with Crippen molar-refractivity contribution in [2.45, 2.75) is 18.5 Å². The van der Waals surface area contributed by atoms with Crippen molar-refractivity contribution in [2.75, 3.05) is 25.0 Å². The Morgan fingerprint density at radius 3 is 2.11 bits per heavy atom. The van der Waals surface area contributed by atoms with E-state index in [-0.39, 0.29) is 18.4 Å². The van der Waals surface area contributed by atoms with E-state index in [4.69, 9.17) is 27.9 Å². The summed E-state index contributed by atoms with van der Waals surface area (Å²) in [4.78, 5) is 0. The summed E-state index contributed by atoms with van der Waals surface area (Å²) < 4.78 is 41.1. The minimum atomic E-state index is -4.35. The van der Waals surface area contributed by atoms with Gasteiger partial charge in [-0.1, -0.05) is 24.3 Å². The molecular formula is C13H15Cl2F3O. The maximum absolute atomic E-state index is 12.1. The fraction of sp³-hybridized carbons (Fsp3) is 0.538. The van der Waals surface area contributed by atoms with Gasteiger partial charge in [-0.25, -0.2) is 0 Å². The van der Waals surface area contributed by atoms with Gasteiger partial charge in [0, 0.05) is 17.2 Å². The molecule has 19 heavy (non-hydrogen) atoms. The van der Waals surface area contributed by atoms with E-state index >= 15 is 0 Å². The van der Waals surface area contributed by atoms with Gasteiger partial charge in [-0.05, 0) is 18.1 Å². The van der Waals surface area contributed by atoms with E-state index in [9.17, 15) is 13.2 Å². The van der Waals surface area contributed by atoms with Crippen LogP contribution in [-0.4, -0.2) is 31.2 Å². The summed E-state index contributed by atoms with van der Waals surface area (Å²) in [7, 11) is 0. The van der Waals surface area contributed by atoms with Gasteiger partial charge >= 0.3 is 6.18 Å². The maximum Gasteiger partial charge on any atom is 0.411 e. The third-order valence-electron chi connectivity index (χ3n) is 2.87. The number of rotatable bonds is 6. The first-order chi connectivity index (χ1) is 8.84. The van der Waals surface area contributed by atoms with Crippen LogP contribution in [-0.2, 0) is 10.2 Å². The first-order valence-corrected chi connectivity index (χ1v) is 6.74. The van der Waals surface area contributed by atoms with Crippen molar-refractivity contribution in [1.82, 2.24) is 0 Å². The lowest BCUT2D eigenvalue weighted by Gasteiger charge is -2.31. The average Bonchev–Trinajstić information content (AvgIpc) is 2.35. The molecule has 0 fully saturated rings. The van der Waals surface area contributed by atoms with Crippen LogP contribution in [0.2, 0.25) is 0 Å². The summed E-state index contributed by atoms with van der Waals surface area (Å²) in [6.45, 7) is 0.408. The molecule has 0 aliphatic rings. The lowest BCUT2D eigenvalue weighted by Crippen LogP contribution is -2.38. The van der Waals surface area contributed by atoms with Gasteiger partial charge in [-0.2, -0.15) is 13.2 Å². The Kier molecular flexibility index (Phi) is 5.96. The highest BCUT2D eigenvalue weighted by Crippen LogP contribution is 2.31. The highest BCUT2D eigenvalue weighted by Gasteiger charge is 2.35. The Hall–Kier alpha value is -0.450. The molecule has 0 aromatic heterocycles. The zero-order valence-corrected chi connectivity index (χ0v) is 11.9. The SMILES string of the molecule is Cc1ccccc1C(CCl)(CCl)COCC(F)(F)F. The van der Waals surface area contributed by atoms with Gasteiger partial charge in [0.2, 0.25) is 0 Å². The third kappa shape index (κ3) is 4.55. The second-order valence-electron chi connectivity index (χ2n) is 4.47. The van der Waals surface area contributed by atoms with E-state index in [1.807, 2.05) is 25.1 Å². The molecule has 0 saturated carbocycles. The predicted octanol–water partition coefficient (Wildman–Crippen LogP) is 4.29. The summed E-state index contributed by atoms with van der Waals surface area (Å²) in [5.74, 6) is 0.193. The zero-order valence-electron chi connectivity index (χ0n) is 10.4. The smallest absolute Gasteiger partial charge is 0.371 e. The number of hydrogen-bond acceptors (Lipinski definition) is 1. The van der Waals surface area contributed by atoms with E-state index in [0.29, 0.717) is 0 Å². The van der Waals surface area contributed by atoms with Crippen LogP contribution in [0.15, 0.2) is 24.3 Å². The molecule has 0 amide bonds. The summed E-state index contributed by atoms with van der Waals surface area (Å²) >= 11 is 11.9. The van der Waals surface area contributed by atoms with Crippen LogP contribution in [0.5, 0.6) is 0 Å².